The van der Waals surface area contributed by atoms with E-state index in [9.17, 15) is 34.8 Å². The predicted octanol–water partition coefficient (Wildman–Crippen LogP) is 3.42. The average Bonchev–Trinajstić information content (AvgIpc) is 2.97. The third-order valence-electron chi connectivity index (χ3n) is 9.74. The summed E-state index contributed by atoms with van der Waals surface area (Å²) >= 11 is 7.00. The van der Waals surface area contributed by atoms with Gasteiger partial charge in [-0.3, -0.25) is 24.2 Å². The number of rotatable bonds is 8. The number of aliphatic hydroxyl groups excluding tert-OH is 2. The summed E-state index contributed by atoms with van der Waals surface area (Å²) in [7, 11) is 3.13. The third-order valence-corrected chi connectivity index (χ3v) is 10.2. The Balaban J connectivity index is 1.56. The number of phenols is 1. The van der Waals surface area contributed by atoms with Crippen LogP contribution in [0.3, 0.4) is 0 Å². The van der Waals surface area contributed by atoms with Crippen LogP contribution in [-0.2, 0) is 32.8 Å². The molecule has 0 spiro atoms. The number of nitrogens with zero attached hydrogens (tertiary/aromatic N) is 2. The summed E-state index contributed by atoms with van der Waals surface area (Å²) in [5.41, 5.74) is 3.75. The van der Waals surface area contributed by atoms with Gasteiger partial charge in [-0.25, -0.2) is 0 Å². The lowest BCUT2D eigenvalue weighted by Crippen LogP contribution is -2.65. The number of ketones is 2. The van der Waals surface area contributed by atoms with Crippen molar-refractivity contribution >= 4 is 34.8 Å². The van der Waals surface area contributed by atoms with Gasteiger partial charge in [0.15, 0.2) is 11.4 Å². The molecule has 4 atom stereocenters. The number of primary amides is 1. The first-order valence-electron chi connectivity index (χ1n) is 15.0. The van der Waals surface area contributed by atoms with Gasteiger partial charge >= 0.3 is 0 Å². The van der Waals surface area contributed by atoms with Gasteiger partial charge in [0, 0.05) is 35.0 Å². The number of hydrogen-bond donors (Lipinski definition) is 5. The van der Waals surface area contributed by atoms with Gasteiger partial charge in [-0.15, -0.1) is 0 Å². The van der Waals surface area contributed by atoms with Gasteiger partial charge in [0.05, 0.1) is 11.6 Å². The van der Waals surface area contributed by atoms with Gasteiger partial charge in [0.2, 0.25) is 5.78 Å². The molecule has 11 heteroatoms. The van der Waals surface area contributed by atoms with Gasteiger partial charge in [-0.05, 0) is 62.2 Å². The number of carbonyl (C=O) groups excluding carboxylic acids is 3. The Bertz CT molecular complexity index is 1650. The molecule has 0 saturated heterocycles. The molecule has 1 saturated carbocycles. The normalized spacial score (nSPS) is 25.0. The fourth-order valence-corrected chi connectivity index (χ4v) is 7.81. The van der Waals surface area contributed by atoms with E-state index in [4.69, 9.17) is 17.3 Å². The number of hydrogen-bond acceptors (Lipinski definition) is 9. The van der Waals surface area contributed by atoms with E-state index < -0.39 is 58.0 Å². The lowest BCUT2D eigenvalue weighted by atomic mass is 9.57. The van der Waals surface area contributed by atoms with E-state index in [1.54, 1.807) is 14.1 Å². The van der Waals surface area contributed by atoms with Crippen molar-refractivity contribution < 1.29 is 34.8 Å². The predicted molar refractivity (Wildman–Crippen MR) is 170 cm³/mol. The summed E-state index contributed by atoms with van der Waals surface area (Å²) in [6, 6.07) is 10.5. The maximum Gasteiger partial charge on any atom is 0.255 e. The number of carbonyl (C=O) groups is 3. The maximum atomic E-state index is 14.0. The van der Waals surface area contributed by atoms with E-state index in [2.05, 4.69) is 30.9 Å². The molecule has 10 nitrogen and oxygen atoms in total. The molecule has 0 heterocycles. The SMILES string of the molecule is CCN(Cc1cc(O)c2c(c1Cl)C[C@H]1C[C@H]3[C@H](N(C)C)C(=O)C(C(N)=O)=C(O)[C@@]3(O)C(=O)C1=C2O)CC(C)(C)c1ccccc1. The van der Waals surface area contributed by atoms with E-state index in [0.29, 0.717) is 35.8 Å². The van der Waals surface area contributed by atoms with E-state index in [0.717, 1.165) is 0 Å². The van der Waals surface area contributed by atoms with Crippen molar-refractivity contribution in [2.75, 3.05) is 27.2 Å². The fourth-order valence-electron chi connectivity index (χ4n) is 7.52. The molecular formula is C34H40ClN3O7. The second kappa shape index (κ2) is 11.6. The largest absolute Gasteiger partial charge is 0.508 e. The number of aromatic hydroxyl groups is 1. The van der Waals surface area contributed by atoms with Crippen LogP contribution in [0, 0.1) is 11.8 Å². The first-order valence-corrected chi connectivity index (χ1v) is 15.4. The summed E-state index contributed by atoms with van der Waals surface area (Å²) in [5, 5.41) is 45.8. The van der Waals surface area contributed by atoms with Crippen molar-refractivity contribution in [2.24, 2.45) is 17.6 Å². The van der Waals surface area contributed by atoms with Gasteiger partial charge in [0.1, 0.15) is 22.8 Å². The van der Waals surface area contributed by atoms with E-state index >= 15 is 0 Å². The van der Waals surface area contributed by atoms with E-state index in [1.807, 2.05) is 25.1 Å². The van der Waals surface area contributed by atoms with Crippen molar-refractivity contribution in [2.45, 2.75) is 57.2 Å². The second-order valence-electron chi connectivity index (χ2n) is 13.2. The first kappa shape index (κ1) is 32.7. The average molecular weight is 638 g/mol. The zero-order chi connectivity index (χ0) is 33.2. The molecule has 0 aromatic heterocycles. The van der Waals surface area contributed by atoms with Crippen LogP contribution in [0.1, 0.15) is 49.4 Å². The lowest BCUT2D eigenvalue weighted by Gasteiger charge is -2.50. The molecule has 5 rings (SSSR count). The van der Waals surface area contributed by atoms with Crippen molar-refractivity contribution in [3.8, 4) is 5.75 Å². The Hall–Kier alpha value is -3.70. The topological polar surface area (TPSA) is 165 Å². The molecule has 0 unspecified atom stereocenters. The first-order chi connectivity index (χ1) is 21.1. The molecule has 2 aromatic carbocycles. The Kier molecular flexibility index (Phi) is 8.41. The van der Waals surface area contributed by atoms with Gasteiger partial charge < -0.3 is 26.2 Å². The summed E-state index contributed by atoms with van der Waals surface area (Å²) in [6.45, 7) is 8.21. The van der Waals surface area contributed by atoms with Crippen LogP contribution in [0.4, 0.5) is 0 Å². The monoisotopic (exact) mass is 637 g/mol. The minimum Gasteiger partial charge on any atom is -0.508 e. The highest BCUT2D eigenvalue weighted by Gasteiger charge is 2.64. The number of aliphatic hydroxyl groups is 3. The van der Waals surface area contributed by atoms with Crippen LogP contribution in [0.15, 0.2) is 53.3 Å². The zero-order valence-electron chi connectivity index (χ0n) is 26.1. The van der Waals surface area contributed by atoms with Gasteiger partial charge in [0.25, 0.3) is 5.91 Å². The zero-order valence-corrected chi connectivity index (χ0v) is 26.9. The Morgan fingerprint density at radius 3 is 2.36 bits per heavy atom. The van der Waals surface area contributed by atoms with Gasteiger partial charge in [-0.1, -0.05) is 62.7 Å². The smallest absolute Gasteiger partial charge is 0.255 e. The number of likely N-dealkylation sites (N-methyl/N-ethyl adjacent to an activating group) is 2. The highest BCUT2D eigenvalue weighted by Crippen LogP contribution is 2.53. The molecule has 45 heavy (non-hydrogen) atoms. The van der Waals surface area contributed by atoms with Crippen molar-refractivity contribution in [1.29, 1.82) is 0 Å². The molecule has 6 N–H and O–H groups in total. The summed E-state index contributed by atoms with van der Waals surface area (Å²) in [4.78, 5) is 43.2. The third kappa shape index (κ3) is 5.13. The molecule has 3 aliphatic rings. The van der Waals surface area contributed by atoms with E-state index in [-0.39, 0.29) is 35.1 Å². The molecule has 1 amide bonds. The lowest BCUT2D eigenvalue weighted by molar-refractivity contribution is -0.153. The molecule has 2 aromatic rings. The van der Waals surface area contributed by atoms with Crippen LogP contribution in [0.2, 0.25) is 5.02 Å². The van der Waals surface area contributed by atoms with E-state index in [1.165, 1.54) is 16.5 Å². The number of halogens is 1. The summed E-state index contributed by atoms with van der Waals surface area (Å²) in [5.74, 6) is -6.93. The molecular weight excluding hydrogens is 598 g/mol. The van der Waals surface area contributed by atoms with Crippen LogP contribution in [0.25, 0.3) is 5.76 Å². The highest BCUT2D eigenvalue weighted by atomic mass is 35.5. The Morgan fingerprint density at radius 1 is 1.13 bits per heavy atom. The summed E-state index contributed by atoms with van der Waals surface area (Å²) < 4.78 is 0. The maximum absolute atomic E-state index is 14.0. The molecule has 1 fully saturated rings. The standard InChI is InChI=1S/C34H40ClN3O7/c1-6-38(16-33(2,3)19-10-8-7-9-11-19)15-18-14-22(39)24-20(26(18)35)12-17-13-21-27(37(4)5)29(41)25(32(36)44)31(43)34(21,45)30(42)23(17)28(24)40/h7-11,14,17,21,27,39-40,43,45H,6,12-13,15-16H2,1-5H3,(H2,36,44)/t17-,21-,27-,34-/m0/s1. The molecule has 0 aliphatic heterocycles. The number of fused-ring (bicyclic) bond motifs is 3. The van der Waals surface area contributed by atoms with Crippen molar-refractivity contribution in [3.63, 3.8) is 0 Å². The molecule has 3 aliphatic carbocycles. The summed E-state index contributed by atoms with van der Waals surface area (Å²) in [6.07, 6.45) is 0.135. The quantitative estimate of drug-likeness (QED) is 0.273. The van der Waals surface area contributed by atoms with Crippen LogP contribution in [-0.4, -0.2) is 86.5 Å². The minimum atomic E-state index is -2.68. The number of Topliss-reactive ketones (excluding diaryl/α,β-unsaturated/α-hetero) is 2. The minimum absolute atomic E-state index is 0.000565. The fraction of sp³-hybridized carbons (Fsp3) is 0.441. The highest BCUT2D eigenvalue weighted by molar-refractivity contribution is 6.32. The number of amides is 1. The number of phenolic OH excluding ortho intramolecular Hbond substituents is 1. The van der Waals surface area contributed by atoms with Gasteiger partial charge in [-0.2, -0.15) is 0 Å². The molecule has 0 bridgehead atoms. The van der Waals surface area contributed by atoms with Crippen molar-refractivity contribution in [1.82, 2.24) is 9.80 Å². The van der Waals surface area contributed by atoms with Crippen LogP contribution >= 0.6 is 11.6 Å². The molecule has 240 valence electrons. The Morgan fingerprint density at radius 2 is 1.78 bits per heavy atom. The second-order valence-corrected chi connectivity index (χ2v) is 13.6. The van der Waals surface area contributed by atoms with Crippen LogP contribution < -0.4 is 5.73 Å². The number of benzene rings is 2. The van der Waals surface area contributed by atoms with Crippen molar-refractivity contribution in [3.05, 3.63) is 80.6 Å². The Labute approximate surface area is 267 Å². The molecule has 0 radical (unpaired) electrons. The van der Waals surface area contributed by atoms with Crippen LogP contribution in [0.5, 0.6) is 5.75 Å². The number of nitrogens with two attached hydrogens (primary N) is 1.